The van der Waals surface area contributed by atoms with Gasteiger partial charge in [0.15, 0.2) is 12.1 Å². The average Bonchev–Trinajstić information content (AvgIpc) is 3.25. The molecule has 2 aromatic rings. The van der Waals surface area contributed by atoms with Gasteiger partial charge in [-0.25, -0.2) is 9.78 Å². The minimum Gasteiger partial charge on any atom is -0.457 e. The summed E-state index contributed by atoms with van der Waals surface area (Å²) in [6.07, 6.45) is 1.82. The lowest BCUT2D eigenvalue weighted by atomic mass is 10.0. The van der Waals surface area contributed by atoms with Crippen LogP contribution in [0.4, 0.5) is 0 Å². The summed E-state index contributed by atoms with van der Waals surface area (Å²) < 4.78 is 10.3. The fourth-order valence-corrected chi connectivity index (χ4v) is 2.86. The second-order valence-electron chi connectivity index (χ2n) is 5.82. The van der Waals surface area contributed by atoms with Gasteiger partial charge in [-0.1, -0.05) is 18.2 Å². The summed E-state index contributed by atoms with van der Waals surface area (Å²) >= 11 is 0. The van der Waals surface area contributed by atoms with E-state index in [1.165, 1.54) is 11.2 Å². The van der Waals surface area contributed by atoms with Gasteiger partial charge in [0.25, 0.3) is 5.91 Å². The van der Waals surface area contributed by atoms with E-state index in [9.17, 15) is 14.4 Å². The van der Waals surface area contributed by atoms with Crippen molar-refractivity contribution in [3.05, 3.63) is 54.2 Å². The molecule has 0 saturated carbocycles. The van der Waals surface area contributed by atoms with E-state index in [1.54, 1.807) is 30.3 Å². The Balaban J connectivity index is 1.72. The first-order valence-corrected chi connectivity index (χ1v) is 7.76. The number of hydrogen-bond donors (Lipinski definition) is 1. The number of primary amides is 1. The van der Waals surface area contributed by atoms with Crippen LogP contribution < -0.4 is 5.73 Å². The van der Waals surface area contributed by atoms with Crippen LogP contribution in [-0.4, -0.2) is 46.9 Å². The normalized spacial score (nSPS) is 19.6. The number of carbonyl (C=O) groups is 3. The van der Waals surface area contributed by atoms with E-state index in [0.717, 1.165) is 6.39 Å². The molecule has 2 heterocycles. The number of ether oxygens (including phenoxy) is 1. The van der Waals surface area contributed by atoms with Gasteiger partial charge in [0.1, 0.15) is 12.4 Å². The van der Waals surface area contributed by atoms with E-state index >= 15 is 0 Å². The zero-order chi connectivity index (χ0) is 17.8. The van der Waals surface area contributed by atoms with Gasteiger partial charge in [-0.2, -0.15) is 0 Å². The summed E-state index contributed by atoms with van der Waals surface area (Å²) in [5.41, 5.74) is 5.85. The van der Waals surface area contributed by atoms with Crippen molar-refractivity contribution in [3.63, 3.8) is 0 Å². The zero-order valence-corrected chi connectivity index (χ0v) is 13.3. The van der Waals surface area contributed by atoms with Gasteiger partial charge >= 0.3 is 5.97 Å². The van der Waals surface area contributed by atoms with Crippen LogP contribution in [0, 0.1) is 5.92 Å². The van der Waals surface area contributed by atoms with E-state index in [-0.39, 0.29) is 37.0 Å². The highest BCUT2D eigenvalue weighted by molar-refractivity contribution is 5.92. The molecule has 2 atom stereocenters. The van der Waals surface area contributed by atoms with Crippen molar-refractivity contribution >= 4 is 17.8 Å². The number of nitrogens with two attached hydrogens (primary N) is 1. The lowest BCUT2D eigenvalue weighted by molar-refractivity contribution is -0.119. The summed E-state index contributed by atoms with van der Waals surface area (Å²) in [6.45, 7) is 0.420. The van der Waals surface area contributed by atoms with Crippen molar-refractivity contribution in [2.75, 3.05) is 13.1 Å². The second kappa shape index (κ2) is 7.16. The molecule has 1 aliphatic heterocycles. The van der Waals surface area contributed by atoms with Crippen LogP contribution in [0.25, 0.3) is 0 Å². The highest BCUT2D eigenvalue weighted by atomic mass is 16.5. The van der Waals surface area contributed by atoms with Crippen LogP contribution in [0.3, 0.4) is 0 Å². The molecule has 1 fully saturated rings. The van der Waals surface area contributed by atoms with Gasteiger partial charge in [0.2, 0.25) is 5.91 Å². The first-order chi connectivity index (χ1) is 12.0. The molecule has 2 N–H and O–H groups in total. The van der Waals surface area contributed by atoms with Crippen molar-refractivity contribution in [3.8, 4) is 0 Å². The fourth-order valence-electron chi connectivity index (χ4n) is 2.86. The van der Waals surface area contributed by atoms with E-state index in [4.69, 9.17) is 14.9 Å². The standard InChI is InChI=1S/C17H17N3O5/c18-15(21)6-12-7-20(16(22)13-9-24-10-19-13)8-14(12)25-17(23)11-4-2-1-3-5-11/h1-5,9-10,12,14H,6-8H2,(H2,18,21)/t12-,14+/m0/s1. The van der Waals surface area contributed by atoms with Crippen molar-refractivity contribution in [2.45, 2.75) is 12.5 Å². The maximum absolute atomic E-state index is 12.4. The molecule has 0 radical (unpaired) electrons. The Morgan fingerprint density at radius 3 is 2.64 bits per heavy atom. The third-order valence-electron chi connectivity index (χ3n) is 4.05. The molecule has 8 heteroatoms. The minimum atomic E-state index is -0.615. The third-order valence-corrected chi connectivity index (χ3v) is 4.05. The number of likely N-dealkylation sites (tertiary alicyclic amines) is 1. The Kier molecular flexibility index (Phi) is 4.78. The van der Waals surface area contributed by atoms with Crippen LogP contribution in [-0.2, 0) is 9.53 Å². The fraction of sp³-hybridized carbons (Fsp3) is 0.294. The highest BCUT2D eigenvalue weighted by Gasteiger charge is 2.39. The number of rotatable bonds is 5. The van der Waals surface area contributed by atoms with Gasteiger partial charge in [-0.3, -0.25) is 9.59 Å². The zero-order valence-electron chi connectivity index (χ0n) is 13.3. The van der Waals surface area contributed by atoms with E-state index in [0.29, 0.717) is 5.56 Å². The van der Waals surface area contributed by atoms with Gasteiger partial charge in [0, 0.05) is 18.9 Å². The molecule has 3 rings (SSSR count). The van der Waals surface area contributed by atoms with Crippen molar-refractivity contribution in [1.29, 1.82) is 0 Å². The molecular weight excluding hydrogens is 326 g/mol. The van der Waals surface area contributed by atoms with Gasteiger partial charge in [0.05, 0.1) is 12.1 Å². The van der Waals surface area contributed by atoms with Gasteiger partial charge < -0.3 is 19.8 Å². The number of oxazole rings is 1. The maximum Gasteiger partial charge on any atom is 0.338 e. The topological polar surface area (TPSA) is 116 Å². The number of benzene rings is 1. The molecule has 130 valence electrons. The monoisotopic (exact) mass is 343 g/mol. The predicted octanol–water partition coefficient (Wildman–Crippen LogP) is 0.848. The van der Waals surface area contributed by atoms with Crippen molar-refractivity contribution in [2.24, 2.45) is 11.7 Å². The molecule has 0 bridgehead atoms. The summed E-state index contributed by atoms with van der Waals surface area (Å²) in [6, 6.07) is 8.52. The molecule has 2 amide bonds. The lowest BCUT2D eigenvalue weighted by Gasteiger charge is -2.17. The quantitative estimate of drug-likeness (QED) is 0.805. The van der Waals surface area contributed by atoms with E-state index < -0.39 is 18.0 Å². The van der Waals surface area contributed by atoms with Crippen LogP contribution in [0.15, 0.2) is 47.4 Å². The van der Waals surface area contributed by atoms with Crippen LogP contribution in [0.5, 0.6) is 0 Å². The molecule has 0 unspecified atom stereocenters. The van der Waals surface area contributed by atoms with Crippen molar-refractivity contribution in [1.82, 2.24) is 9.88 Å². The summed E-state index contributed by atoms with van der Waals surface area (Å²) in [7, 11) is 0. The lowest BCUT2D eigenvalue weighted by Crippen LogP contribution is -2.31. The van der Waals surface area contributed by atoms with E-state index in [1.807, 2.05) is 0 Å². The Bertz CT molecular complexity index is 760. The molecule has 8 nitrogen and oxygen atoms in total. The van der Waals surface area contributed by atoms with Gasteiger partial charge in [-0.05, 0) is 12.1 Å². The Morgan fingerprint density at radius 2 is 2.00 bits per heavy atom. The van der Waals surface area contributed by atoms with Crippen LogP contribution >= 0.6 is 0 Å². The molecular formula is C17H17N3O5. The number of esters is 1. The third kappa shape index (κ3) is 3.85. The Morgan fingerprint density at radius 1 is 1.24 bits per heavy atom. The number of amides is 2. The minimum absolute atomic E-state index is 0.0231. The number of hydrogen-bond acceptors (Lipinski definition) is 6. The maximum atomic E-state index is 12.4. The first kappa shape index (κ1) is 16.7. The smallest absolute Gasteiger partial charge is 0.338 e. The van der Waals surface area contributed by atoms with Gasteiger partial charge in [-0.15, -0.1) is 0 Å². The van der Waals surface area contributed by atoms with Crippen LogP contribution in [0.1, 0.15) is 27.3 Å². The molecule has 1 aliphatic rings. The summed E-state index contributed by atoms with van der Waals surface area (Å²) in [5.74, 6) is -1.72. The predicted molar refractivity (Wildman–Crippen MR) is 85.4 cm³/mol. The molecule has 1 aromatic heterocycles. The number of nitrogens with zero attached hydrogens (tertiary/aromatic N) is 2. The molecule has 0 aliphatic carbocycles. The first-order valence-electron chi connectivity index (χ1n) is 7.76. The van der Waals surface area contributed by atoms with E-state index in [2.05, 4.69) is 4.98 Å². The molecule has 1 saturated heterocycles. The average molecular weight is 343 g/mol. The number of carbonyl (C=O) groups excluding carboxylic acids is 3. The number of aromatic nitrogens is 1. The summed E-state index contributed by atoms with van der Waals surface area (Å²) in [5, 5.41) is 0. The molecule has 0 spiro atoms. The molecule has 25 heavy (non-hydrogen) atoms. The highest BCUT2D eigenvalue weighted by Crippen LogP contribution is 2.25. The van der Waals surface area contributed by atoms with Crippen LogP contribution in [0.2, 0.25) is 0 Å². The summed E-state index contributed by atoms with van der Waals surface area (Å²) in [4.78, 5) is 41.3. The Labute approximate surface area is 143 Å². The SMILES string of the molecule is NC(=O)C[C@H]1CN(C(=O)c2cocn2)C[C@H]1OC(=O)c1ccccc1. The molecule has 1 aromatic carbocycles. The largest absolute Gasteiger partial charge is 0.457 e. The van der Waals surface area contributed by atoms with Crippen molar-refractivity contribution < 1.29 is 23.5 Å². The second-order valence-corrected chi connectivity index (χ2v) is 5.82. The Hall–Kier alpha value is -3.16.